The van der Waals surface area contributed by atoms with E-state index in [4.69, 9.17) is 10.5 Å². The summed E-state index contributed by atoms with van der Waals surface area (Å²) in [7, 11) is 0. The van der Waals surface area contributed by atoms with Crippen LogP contribution in [0.1, 0.15) is 12.1 Å². The Labute approximate surface area is 140 Å². The average molecular weight is 377 g/mol. The summed E-state index contributed by atoms with van der Waals surface area (Å²) in [4.78, 5) is 31.0. The van der Waals surface area contributed by atoms with E-state index in [1.165, 1.54) is 10.9 Å². The van der Waals surface area contributed by atoms with Crippen molar-refractivity contribution in [3.8, 4) is 0 Å². The van der Waals surface area contributed by atoms with Gasteiger partial charge in [-0.25, -0.2) is 15.0 Å². The number of aliphatic hydroxyl groups excluding tert-OH is 3. The molecule has 13 heteroatoms. The molecule has 1 fully saturated rings. The van der Waals surface area contributed by atoms with Gasteiger partial charge in [-0.1, -0.05) is 0 Å². The molecule has 0 spiro atoms. The van der Waals surface area contributed by atoms with Crippen molar-refractivity contribution in [2.45, 2.75) is 37.3 Å². The maximum Gasteiger partial charge on any atom is 0.215 e. The molecule has 3 heterocycles. The number of aromatic nitrogens is 4. The lowest BCUT2D eigenvalue weighted by Crippen LogP contribution is -2.38. The highest BCUT2D eigenvalue weighted by Crippen LogP contribution is 2.46. The average Bonchev–Trinajstić information content (AvgIpc) is 3.00. The summed E-state index contributed by atoms with van der Waals surface area (Å²) in [5, 5.41) is 30.2. The normalized spacial score (nSPS) is 29.2. The standard InChI is InChI=1S/C11H16N5O6PS/c1-3-14-8(12)4-9(15-3)16(2-13-4)10-6(18)5(17)7(22-10)11(19)23(20,21)24/h2,5-7,10-11,17-19H,1H3,(H2,12,14,15)(H2,20,21,24)/t5-,6+,7-,10+,11?/m0/s1. The van der Waals surface area contributed by atoms with Gasteiger partial charge in [0.05, 0.1) is 6.33 Å². The fraction of sp³-hybridized carbons (Fsp3) is 0.545. The first-order valence-electron chi connectivity index (χ1n) is 6.83. The fourth-order valence-electron chi connectivity index (χ4n) is 2.59. The molecule has 1 saturated heterocycles. The number of fused-ring (bicyclic) bond motifs is 1. The second-order valence-corrected chi connectivity index (χ2v) is 8.77. The summed E-state index contributed by atoms with van der Waals surface area (Å²) >= 11 is 4.43. The minimum Gasteiger partial charge on any atom is -0.387 e. The van der Waals surface area contributed by atoms with E-state index in [1.807, 2.05) is 0 Å². The van der Waals surface area contributed by atoms with Crippen LogP contribution in [0.4, 0.5) is 5.82 Å². The number of anilines is 1. The highest BCUT2D eigenvalue weighted by atomic mass is 32.5. The lowest BCUT2D eigenvalue weighted by molar-refractivity contribution is -0.0642. The summed E-state index contributed by atoms with van der Waals surface area (Å²) in [5.41, 5.74) is 6.31. The van der Waals surface area contributed by atoms with Gasteiger partial charge in [-0.2, -0.15) is 0 Å². The first kappa shape index (κ1) is 17.6. The molecule has 7 N–H and O–H groups in total. The lowest BCUT2D eigenvalue weighted by Gasteiger charge is -2.23. The van der Waals surface area contributed by atoms with Gasteiger partial charge in [0.1, 0.15) is 29.7 Å². The van der Waals surface area contributed by atoms with Crippen molar-refractivity contribution >= 4 is 35.3 Å². The van der Waals surface area contributed by atoms with Gasteiger partial charge in [-0.15, -0.1) is 0 Å². The Hall–Kier alpha value is -1.24. The molecule has 0 amide bonds. The molecule has 2 aromatic heterocycles. The molecule has 2 aromatic rings. The van der Waals surface area contributed by atoms with Crippen LogP contribution in [0.2, 0.25) is 0 Å². The van der Waals surface area contributed by atoms with Gasteiger partial charge in [-0.05, 0) is 18.7 Å². The third kappa shape index (κ3) is 2.80. The summed E-state index contributed by atoms with van der Waals surface area (Å²) in [6.07, 6.45) is -4.45. The number of hydrogen-bond donors (Lipinski definition) is 6. The smallest absolute Gasteiger partial charge is 0.215 e. The molecule has 5 atom stereocenters. The predicted molar refractivity (Wildman–Crippen MR) is 85.1 cm³/mol. The summed E-state index contributed by atoms with van der Waals surface area (Å²) in [6, 6.07) is 0. The van der Waals surface area contributed by atoms with E-state index in [1.54, 1.807) is 6.92 Å². The van der Waals surface area contributed by atoms with Crippen molar-refractivity contribution in [1.29, 1.82) is 0 Å². The molecule has 3 rings (SSSR count). The lowest BCUT2D eigenvalue weighted by atomic mass is 10.1. The van der Waals surface area contributed by atoms with E-state index in [0.29, 0.717) is 5.82 Å². The Balaban J connectivity index is 2.00. The van der Waals surface area contributed by atoms with Crippen LogP contribution < -0.4 is 5.73 Å². The maximum atomic E-state index is 10.2. The second-order valence-electron chi connectivity index (χ2n) is 5.46. The third-order valence-corrected chi connectivity index (χ3v) is 5.38. The molecule has 0 bridgehead atoms. The quantitative estimate of drug-likeness (QED) is 0.324. The molecular weight excluding hydrogens is 361 g/mol. The Morgan fingerprint density at radius 2 is 2.00 bits per heavy atom. The number of aliphatic hydroxyl groups is 3. The number of nitrogen functional groups attached to an aromatic ring is 1. The van der Waals surface area contributed by atoms with Crippen molar-refractivity contribution in [3.63, 3.8) is 0 Å². The summed E-state index contributed by atoms with van der Waals surface area (Å²) in [5.74, 6) is -1.41. The van der Waals surface area contributed by atoms with E-state index >= 15 is 0 Å². The molecule has 11 nitrogen and oxygen atoms in total. The van der Waals surface area contributed by atoms with Gasteiger partial charge in [0, 0.05) is 0 Å². The number of hydrogen-bond acceptors (Lipinski definition) is 9. The first-order valence-corrected chi connectivity index (χ1v) is 9.60. The molecule has 0 aromatic carbocycles. The fourth-order valence-corrected chi connectivity index (χ4v) is 3.58. The molecule has 0 saturated carbocycles. The number of ether oxygens (including phenoxy) is 1. The van der Waals surface area contributed by atoms with Crippen LogP contribution >= 0.6 is 6.49 Å². The van der Waals surface area contributed by atoms with Crippen molar-refractivity contribution in [2.75, 3.05) is 5.73 Å². The van der Waals surface area contributed by atoms with E-state index in [9.17, 15) is 25.1 Å². The Morgan fingerprint density at radius 3 is 2.62 bits per heavy atom. The van der Waals surface area contributed by atoms with Gasteiger partial charge >= 0.3 is 0 Å². The van der Waals surface area contributed by atoms with Crippen LogP contribution in [-0.2, 0) is 16.5 Å². The van der Waals surface area contributed by atoms with Crippen LogP contribution in [0.3, 0.4) is 0 Å². The largest absolute Gasteiger partial charge is 0.387 e. The third-order valence-electron chi connectivity index (χ3n) is 3.75. The summed E-state index contributed by atoms with van der Waals surface area (Å²) < 4.78 is 6.74. The molecule has 24 heavy (non-hydrogen) atoms. The molecule has 0 radical (unpaired) electrons. The Kier molecular flexibility index (Phi) is 4.35. The number of rotatable bonds is 3. The van der Waals surface area contributed by atoms with Gasteiger partial charge in [-0.3, -0.25) is 4.57 Å². The first-order chi connectivity index (χ1) is 11.1. The minimum atomic E-state index is -4.11. The number of nitrogens with two attached hydrogens (primary N) is 1. The zero-order valence-electron chi connectivity index (χ0n) is 12.3. The maximum absolute atomic E-state index is 10.2. The Bertz CT molecular complexity index is 827. The van der Waals surface area contributed by atoms with Crippen molar-refractivity contribution in [2.24, 2.45) is 0 Å². The van der Waals surface area contributed by atoms with Gasteiger partial charge in [0.15, 0.2) is 23.5 Å². The van der Waals surface area contributed by atoms with Gasteiger partial charge < -0.3 is 35.6 Å². The van der Waals surface area contributed by atoms with E-state index < -0.39 is 36.9 Å². The topological polar surface area (TPSA) is 180 Å². The van der Waals surface area contributed by atoms with Crippen LogP contribution in [0.15, 0.2) is 6.33 Å². The SMILES string of the molecule is Cc1nc(N)c2ncn([C@@H]3O[C@H](C(O)P(O)(O)=S)[C@@H](O)[C@H]3O)c2n1. The van der Waals surface area contributed by atoms with Crippen LogP contribution in [0, 0.1) is 6.92 Å². The van der Waals surface area contributed by atoms with Crippen LogP contribution in [0.5, 0.6) is 0 Å². The molecule has 132 valence electrons. The predicted octanol–water partition coefficient (Wildman–Crippen LogP) is -2.05. The number of nitrogens with zero attached hydrogens (tertiary/aromatic N) is 4. The highest BCUT2D eigenvalue weighted by Gasteiger charge is 2.50. The minimum absolute atomic E-state index is 0.141. The Morgan fingerprint density at radius 1 is 1.33 bits per heavy atom. The van der Waals surface area contributed by atoms with Crippen molar-refractivity contribution < 1.29 is 29.8 Å². The van der Waals surface area contributed by atoms with Crippen molar-refractivity contribution in [1.82, 2.24) is 19.5 Å². The molecular formula is C11H16N5O6PS. The zero-order valence-corrected chi connectivity index (χ0v) is 14.0. The van der Waals surface area contributed by atoms with Gasteiger partial charge in [0.2, 0.25) is 6.49 Å². The van der Waals surface area contributed by atoms with Crippen LogP contribution in [0.25, 0.3) is 11.2 Å². The summed E-state index contributed by atoms with van der Waals surface area (Å²) in [6.45, 7) is -2.50. The number of aryl methyl sites for hydroxylation is 1. The molecule has 1 aliphatic rings. The van der Waals surface area contributed by atoms with E-state index in [2.05, 4.69) is 26.8 Å². The molecule has 1 unspecified atom stereocenters. The second kappa shape index (κ2) is 5.93. The van der Waals surface area contributed by atoms with E-state index in [-0.39, 0.29) is 17.0 Å². The van der Waals surface area contributed by atoms with Gasteiger partial charge in [0.25, 0.3) is 0 Å². The number of imidazole rings is 1. The molecule has 1 aliphatic heterocycles. The van der Waals surface area contributed by atoms with E-state index in [0.717, 1.165) is 0 Å². The molecule has 0 aliphatic carbocycles. The zero-order chi connectivity index (χ0) is 17.8. The van der Waals surface area contributed by atoms with Crippen LogP contribution in [-0.4, -0.2) is 68.8 Å². The highest BCUT2D eigenvalue weighted by molar-refractivity contribution is 8.09. The van der Waals surface area contributed by atoms with Crippen molar-refractivity contribution in [3.05, 3.63) is 12.2 Å². The monoisotopic (exact) mass is 377 g/mol.